The minimum Gasteiger partial charge on any atom is -0.350 e. The first-order chi connectivity index (χ1) is 14.5. The molecular weight excluding hydrogens is 372 g/mol. The molecule has 0 saturated carbocycles. The zero-order chi connectivity index (χ0) is 21.3. The molecule has 0 bridgehead atoms. The molecule has 0 aliphatic carbocycles. The first-order valence-corrected chi connectivity index (χ1v) is 10.1. The Morgan fingerprint density at radius 3 is 2.03 bits per heavy atom. The third-order valence-electron chi connectivity index (χ3n) is 5.35. The molecule has 0 atom stereocenters. The van der Waals surface area contributed by atoms with E-state index >= 15 is 0 Å². The fraction of sp³-hybridized carbons (Fsp3) is 0.154. The van der Waals surface area contributed by atoms with Crippen LogP contribution in [0.15, 0.2) is 84.6 Å². The fourth-order valence-corrected chi connectivity index (χ4v) is 3.65. The average molecular weight is 396 g/mol. The maximum Gasteiger partial charge on any atom is 0.282 e. The number of nitrogens with zero attached hydrogens (tertiary/aromatic N) is 1. The maximum absolute atomic E-state index is 13.4. The molecule has 3 aromatic rings. The van der Waals surface area contributed by atoms with Crippen LogP contribution >= 0.6 is 0 Å². The standard InChI is InChI=1S/C26H24N2O2/c1-17(2)19-13-15-21(16-14-19)27-24-23(20-10-5-4-6-11-20)25(29)28(26(24)30)22-12-8-7-9-18(22)3/h4-17,27H,1-3H3. The second-order valence-corrected chi connectivity index (χ2v) is 7.75. The summed E-state index contributed by atoms with van der Waals surface area (Å²) in [5.74, 6) is -0.243. The van der Waals surface area contributed by atoms with Crippen molar-refractivity contribution in [2.75, 3.05) is 10.2 Å². The highest BCUT2D eigenvalue weighted by atomic mass is 16.2. The lowest BCUT2D eigenvalue weighted by molar-refractivity contribution is -0.120. The Balaban J connectivity index is 1.78. The van der Waals surface area contributed by atoms with E-state index in [4.69, 9.17) is 0 Å². The van der Waals surface area contributed by atoms with Gasteiger partial charge in [-0.25, -0.2) is 4.90 Å². The molecule has 4 nitrogen and oxygen atoms in total. The van der Waals surface area contributed by atoms with Crippen LogP contribution in [0.4, 0.5) is 11.4 Å². The van der Waals surface area contributed by atoms with Crippen molar-refractivity contribution in [1.82, 2.24) is 0 Å². The van der Waals surface area contributed by atoms with Gasteiger partial charge in [-0.2, -0.15) is 0 Å². The van der Waals surface area contributed by atoms with Gasteiger partial charge in [0.05, 0.1) is 11.3 Å². The van der Waals surface area contributed by atoms with Crippen LogP contribution in [0.2, 0.25) is 0 Å². The highest BCUT2D eigenvalue weighted by Crippen LogP contribution is 2.35. The minimum atomic E-state index is -0.346. The van der Waals surface area contributed by atoms with Gasteiger partial charge in [-0.05, 0) is 47.7 Å². The largest absolute Gasteiger partial charge is 0.350 e. The number of rotatable bonds is 5. The van der Waals surface area contributed by atoms with E-state index < -0.39 is 0 Å². The Morgan fingerprint density at radius 1 is 0.767 bits per heavy atom. The van der Waals surface area contributed by atoms with Crippen LogP contribution < -0.4 is 10.2 Å². The summed E-state index contributed by atoms with van der Waals surface area (Å²) in [5.41, 5.74) is 4.86. The van der Waals surface area contributed by atoms with Gasteiger partial charge < -0.3 is 5.32 Å². The van der Waals surface area contributed by atoms with E-state index in [1.807, 2.05) is 79.7 Å². The van der Waals surface area contributed by atoms with E-state index in [2.05, 4.69) is 19.2 Å². The van der Waals surface area contributed by atoms with Crippen LogP contribution in [0, 0.1) is 6.92 Å². The molecule has 4 rings (SSSR count). The molecule has 1 N–H and O–H groups in total. The predicted molar refractivity (Wildman–Crippen MR) is 121 cm³/mol. The summed E-state index contributed by atoms with van der Waals surface area (Å²) < 4.78 is 0. The van der Waals surface area contributed by atoms with Crippen LogP contribution in [0.3, 0.4) is 0 Å². The number of aryl methyl sites for hydroxylation is 1. The van der Waals surface area contributed by atoms with Crippen molar-refractivity contribution < 1.29 is 9.59 Å². The van der Waals surface area contributed by atoms with Gasteiger partial charge in [0.1, 0.15) is 5.70 Å². The molecule has 0 spiro atoms. The van der Waals surface area contributed by atoms with Crippen LogP contribution in [0.25, 0.3) is 5.57 Å². The van der Waals surface area contributed by atoms with E-state index in [0.717, 1.165) is 11.3 Å². The summed E-state index contributed by atoms with van der Waals surface area (Å²) in [6.45, 7) is 6.17. The molecule has 150 valence electrons. The summed E-state index contributed by atoms with van der Waals surface area (Å²) in [7, 11) is 0. The number of hydrogen-bond acceptors (Lipinski definition) is 3. The van der Waals surface area contributed by atoms with E-state index in [1.165, 1.54) is 10.5 Å². The quantitative estimate of drug-likeness (QED) is 0.578. The zero-order valence-corrected chi connectivity index (χ0v) is 17.3. The van der Waals surface area contributed by atoms with Gasteiger partial charge in [0, 0.05) is 5.69 Å². The van der Waals surface area contributed by atoms with Crippen LogP contribution in [-0.4, -0.2) is 11.8 Å². The Morgan fingerprint density at radius 2 is 1.40 bits per heavy atom. The van der Waals surface area contributed by atoms with Gasteiger partial charge in [0.2, 0.25) is 0 Å². The normalized spacial score (nSPS) is 14.1. The van der Waals surface area contributed by atoms with Gasteiger partial charge in [-0.15, -0.1) is 0 Å². The summed E-state index contributed by atoms with van der Waals surface area (Å²) in [4.78, 5) is 28.1. The second-order valence-electron chi connectivity index (χ2n) is 7.75. The molecule has 0 saturated heterocycles. The lowest BCUT2D eigenvalue weighted by Gasteiger charge is -2.17. The summed E-state index contributed by atoms with van der Waals surface area (Å²) in [5, 5.41) is 3.22. The van der Waals surface area contributed by atoms with Gasteiger partial charge in [-0.3, -0.25) is 9.59 Å². The molecule has 0 radical (unpaired) electrons. The van der Waals surface area contributed by atoms with Crippen molar-refractivity contribution in [3.05, 3.63) is 101 Å². The number of amides is 2. The number of carbonyl (C=O) groups excluding carboxylic acids is 2. The van der Waals surface area contributed by atoms with Gasteiger partial charge in [0.15, 0.2) is 0 Å². The average Bonchev–Trinajstić information content (AvgIpc) is 2.99. The van der Waals surface area contributed by atoms with Crippen LogP contribution in [-0.2, 0) is 9.59 Å². The van der Waals surface area contributed by atoms with E-state index in [-0.39, 0.29) is 11.8 Å². The van der Waals surface area contributed by atoms with Gasteiger partial charge >= 0.3 is 0 Å². The maximum atomic E-state index is 13.4. The number of imide groups is 1. The monoisotopic (exact) mass is 396 g/mol. The van der Waals surface area contributed by atoms with Gasteiger partial charge in [0.25, 0.3) is 11.8 Å². The molecule has 0 fully saturated rings. The van der Waals surface area contributed by atoms with Crippen molar-refractivity contribution in [3.63, 3.8) is 0 Å². The van der Waals surface area contributed by atoms with E-state index in [0.29, 0.717) is 28.4 Å². The zero-order valence-electron chi connectivity index (χ0n) is 17.3. The number of anilines is 2. The molecular formula is C26H24N2O2. The minimum absolute atomic E-state index is 0.298. The first kappa shape index (κ1) is 19.6. The van der Waals surface area contributed by atoms with E-state index in [9.17, 15) is 9.59 Å². The third kappa shape index (κ3) is 3.52. The number of carbonyl (C=O) groups is 2. The molecule has 4 heteroatoms. The highest BCUT2D eigenvalue weighted by Gasteiger charge is 2.40. The Labute approximate surface area is 176 Å². The number of hydrogen-bond donors (Lipinski definition) is 1. The SMILES string of the molecule is Cc1ccccc1N1C(=O)C(Nc2ccc(C(C)C)cc2)=C(c2ccccc2)C1=O. The number of benzene rings is 3. The van der Waals surface area contributed by atoms with Crippen molar-refractivity contribution in [2.24, 2.45) is 0 Å². The van der Waals surface area contributed by atoms with Crippen molar-refractivity contribution in [3.8, 4) is 0 Å². The Kier molecular flexibility index (Phi) is 5.23. The fourth-order valence-electron chi connectivity index (χ4n) is 3.65. The predicted octanol–water partition coefficient (Wildman–Crippen LogP) is 5.52. The summed E-state index contributed by atoms with van der Waals surface area (Å²) >= 11 is 0. The first-order valence-electron chi connectivity index (χ1n) is 10.1. The molecule has 0 unspecified atom stereocenters. The molecule has 3 aromatic carbocycles. The molecule has 30 heavy (non-hydrogen) atoms. The van der Waals surface area contributed by atoms with Crippen LogP contribution in [0.1, 0.15) is 36.5 Å². The van der Waals surface area contributed by atoms with Crippen molar-refractivity contribution >= 4 is 28.8 Å². The van der Waals surface area contributed by atoms with Gasteiger partial charge in [-0.1, -0.05) is 74.5 Å². The Bertz CT molecular complexity index is 1130. The van der Waals surface area contributed by atoms with Crippen LogP contribution in [0.5, 0.6) is 0 Å². The number of para-hydroxylation sites is 1. The van der Waals surface area contributed by atoms with E-state index in [1.54, 1.807) is 6.07 Å². The number of nitrogens with one attached hydrogen (secondary N) is 1. The molecule has 0 aromatic heterocycles. The smallest absolute Gasteiger partial charge is 0.282 e. The third-order valence-corrected chi connectivity index (χ3v) is 5.35. The van der Waals surface area contributed by atoms with Crippen molar-refractivity contribution in [1.29, 1.82) is 0 Å². The highest BCUT2D eigenvalue weighted by molar-refractivity contribution is 6.46. The molecule has 2 amide bonds. The topological polar surface area (TPSA) is 49.4 Å². The molecule has 1 heterocycles. The summed E-state index contributed by atoms with van der Waals surface area (Å²) in [6.07, 6.45) is 0. The lowest BCUT2D eigenvalue weighted by atomic mass is 10.0. The van der Waals surface area contributed by atoms with Crippen molar-refractivity contribution in [2.45, 2.75) is 26.7 Å². The molecule has 1 aliphatic rings. The lowest BCUT2D eigenvalue weighted by Crippen LogP contribution is -2.33. The summed E-state index contributed by atoms with van der Waals surface area (Å²) in [6, 6.07) is 24.7. The Hall–Kier alpha value is -3.66. The molecule has 1 aliphatic heterocycles. The second kappa shape index (κ2) is 7.99.